The Morgan fingerprint density at radius 3 is 2.67 bits per heavy atom. The highest BCUT2D eigenvalue weighted by Crippen LogP contribution is 2.22. The van der Waals surface area contributed by atoms with Crippen molar-refractivity contribution in [3.63, 3.8) is 0 Å². The lowest BCUT2D eigenvalue weighted by Gasteiger charge is -2.09. The predicted molar refractivity (Wildman–Crippen MR) is 104 cm³/mol. The van der Waals surface area contributed by atoms with Crippen molar-refractivity contribution in [3.8, 4) is 0 Å². The molecule has 1 aliphatic rings. The Balaban J connectivity index is 1.88. The van der Waals surface area contributed by atoms with Crippen molar-refractivity contribution in [2.75, 3.05) is 0 Å². The fourth-order valence-electron chi connectivity index (χ4n) is 2.74. The van der Waals surface area contributed by atoms with Crippen LogP contribution in [0.2, 0.25) is 0 Å². The number of benzene rings is 2. The molecule has 0 aromatic heterocycles. The fourth-order valence-corrected chi connectivity index (χ4v) is 2.74. The monoisotopic (exact) mass is 314 g/mol. The topological polar surface area (TPSA) is 24.7 Å². The molecule has 2 nitrogen and oxygen atoms in total. The second-order valence-corrected chi connectivity index (χ2v) is 5.73. The highest BCUT2D eigenvalue weighted by Gasteiger charge is 2.06. The van der Waals surface area contributed by atoms with Gasteiger partial charge in [0, 0.05) is 11.8 Å². The third-order valence-corrected chi connectivity index (χ3v) is 3.95. The third-order valence-electron chi connectivity index (χ3n) is 3.95. The van der Waals surface area contributed by atoms with E-state index < -0.39 is 0 Å². The van der Waals surface area contributed by atoms with Gasteiger partial charge in [0.2, 0.25) is 0 Å². The molecule has 24 heavy (non-hydrogen) atoms. The molecule has 0 fully saturated rings. The number of aliphatic imine (C=N–C) groups is 2. The zero-order valence-electron chi connectivity index (χ0n) is 14.0. The van der Waals surface area contributed by atoms with Crippen LogP contribution >= 0.6 is 0 Å². The first-order chi connectivity index (χ1) is 11.9. The summed E-state index contributed by atoms with van der Waals surface area (Å²) >= 11 is 0. The van der Waals surface area contributed by atoms with E-state index in [-0.39, 0.29) is 0 Å². The lowest BCUT2D eigenvalue weighted by atomic mass is 9.98. The third kappa shape index (κ3) is 4.17. The van der Waals surface area contributed by atoms with E-state index in [9.17, 15) is 0 Å². The molecule has 0 heterocycles. The van der Waals surface area contributed by atoms with Crippen molar-refractivity contribution in [2.24, 2.45) is 9.98 Å². The van der Waals surface area contributed by atoms with Crippen LogP contribution in [0, 0.1) is 0 Å². The number of rotatable bonds is 4. The smallest absolute Gasteiger partial charge is 0.154 e. The summed E-state index contributed by atoms with van der Waals surface area (Å²) < 4.78 is 0. The first-order valence-electron chi connectivity index (χ1n) is 8.41. The summed E-state index contributed by atoms with van der Waals surface area (Å²) in [5.41, 5.74) is 4.75. The average molecular weight is 314 g/mol. The zero-order valence-corrected chi connectivity index (χ0v) is 14.0. The zero-order chi connectivity index (χ0) is 16.6. The SMILES string of the molecule is CC=NC(=NCc1ccccc1)c1cccc(C2=CCCC=C2)c1. The minimum atomic E-state index is 0.639. The van der Waals surface area contributed by atoms with Gasteiger partial charge in [-0.1, -0.05) is 66.8 Å². The van der Waals surface area contributed by atoms with E-state index >= 15 is 0 Å². The summed E-state index contributed by atoms with van der Waals surface area (Å²) in [7, 11) is 0. The molecular weight excluding hydrogens is 292 g/mol. The number of hydrogen-bond acceptors (Lipinski definition) is 1. The fraction of sp³-hybridized carbons (Fsp3) is 0.182. The van der Waals surface area contributed by atoms with Crippen LogP contribution in [-0.2, 0) is 6.54 Å². The Kier molecular flexibility index (Phi) is 5.52. The summed E-state index contributed by atoms with van der Waals surface area (Å²) in [5.74, 6) is 0.781. The molecule has 0 bridgehead atoms. The highest BCUT2D eigenvalue weighted by atomic mass is 14.9. The van der Waals surface area contributed by atoms with Gasteiger partial charge < -0.3 is 0 Å². The van der Waals surface area contributed by atoms with E-state index in [1.807, 2.05) is 25.1 Å². The van der Waals surface area contributed by atoms with Crippen LogP contribution in [0.3, 0.4) is 0 Å². The molecule has 0 spiro atoms. The van der Waals surface area contributed by atoms with Gasteiger partial charge in [-0.25, -0.2) is 4.99 Å². The Hall–Kier alpha value is -2.74. The Morgan fingerprint density at radius 2 is 1.92 bits per heavy atom. The predicted octanol–water partition coefficient (Wildman–Crippen LogP) is 5.46. The van der Waals surface area contributed by atoms with Gasteiger partial charge in [0.15, 0.2) is 5.84 Å². The van der Waals surface area contributed by atoms with Gasteiger partial charge in [-0.3, -0.25) is 4.99 Å². The molecule has 0 amide bonds. The molecule has 0 saturated carbocycles. The second kappa shape index (κ2) is 8.21. The van der Waals surface area contributed by atoms with E-state index in [0.29, 0.717) is 6.54 Å². The van der Waals surface area contributed by atoms with Crippen molar-refractivity contribution in [1.82, 2.24) is 0 Å². The van der Waals surface area contributed by atoms with Crippen LogP contribution in [0.4, 0.5) is 0 Å². The van der Waals surface area contributed by atoms with Gasteiger partial charge in [0.1, 0.15) is 0 Å². The summed E-state index contributed by atoms with van der Waals surface area (Å²) in [5, 5.41) is 0. The van der Waals surface area contributed by atoms with E-state index in [0.717, 1.165) is 24.2 Å². The lowest BCUT2D eigenvalue weighted by Crippen LogP contribution is -2.00. The normalized spacial score (nSPS) is 14.9. The molecule has 120 valence electrons. The minimum Gasteiger partial charge on any atom is -0.261 e. The van der Waals surface area contributed by atoms with Crippen molar-refractivity contribution >= 4 is 17.6 Å². The molecule has 3 rings (SSSR count). The Labute approximate surface area is 144 Å². The van der Waals surface area contributed by atoms with Gasteiger partial charge in [-0.15, -0.1) is 0 Å². The summed E-state index contributed by atoms with van der Waals surface area (Å²) in [6.07, 6.45) is 10.8. The van der Waals surface area contributed by atoms with Crippen LogP contribution in [0.5, 0.6) is 0 Å². The van der Waals surface area contributed by atoms with Crippen molar-refractivity contribution in [1.29, 1.82) is 0 Å². The largest absolute Gasteiger partial charge is 0.261 e. The van der Waals surface area contributed by atoms with Gasteiger partial charge in [-0.2, -0.15) is 0 Å². The Morgan fingerprint density at radius 1 is 1.04 bits per heavy atom. The van der Waals surface area contributed by atoms with E-state index in [1.54, 1.807) is 6.21 Å². The molecule has 2 aromatic rings. The maximum atomic E-state index is 4.72. The maximum absolute atomic E-state index is 4.72. The van der Waals surface area contributed by atoms with Crippen molar-refractivity contribution < 1.29 is 0 Å². The molecule has 1 aliphatic carbocycles. The second-order valence-electron chi connectivity index (χ2n) is 5.73. The highest BCUT2D eigenvalue weighted by molar-refractivity contribution is 6.03. The Bertz CT molecular complexity index is 796. The van der Waals surface area contributed by atoms with E-state index in [4.69, 9.17) is 4.99 Å². The number of hydrogen-bond donors (Lipinski definition) is 0. The van der Waals surface area contributed by atoms with Crippen molar-refractivity contribution in [2.45, 2.75) is 26.3 Å². The molecular formula is C22H22N2. The molecule has 2 heteroatoms. The van der Waals surface area contributed by atoms with Crippen LogP contribution < -0.4 is 0 Å². The number of nitrogens with zero attached hydrogens (tertiary/aromatic N) is 2. The molecule has 0 radical (unpaired) electrons. The average Bonchev–Trinajstić information content (AvgIpc) is 2.67. The van der Waals surface area contributed by atoms with Crippen LogP contribution in [0.1, 0.15) is 36.5 Å². The standard InChI is InChI=1S/C22H22N2/c1-2-23-22(24-17-18-10-5-3-6-11-18)21-15-9-14-20(16-21)19-12-7-4-8-13-19/h2-3,5-7,9-16H,4,8,17H2,1H3. The van der Waals surface area contributed by atoms with Crippen molar-refractivity contribution in [3.05, 3.63) is 89.5 Å². The van der Waals surface area contributed by atoms with E-state index in [1.165, 1.54) is 16.7 Å². The quantitative estimate of drug-likeness (QED) is 0.529. The van der Waals surface area contributed by atoms with Crippen LogP contribution in [-0.4, -0.2) is 12.1 Å². The molecule has 0 N–H and O–H groups in total. The van der Waals surface area contributed by atoms with E-state index in [2.05, 4.69) is 59.6 Å². The van der Waals surface area contributed by atoms with Crippen LogP contribution in [0.15, 0.2) is 82.8 Å². The maximum Gasteiger partial charge on any atom is 0.154 e. The summed E-state index contributed by atoms with van der Waals surface area (Å²) in [6, 6.07) is 18.8. The first-order valence-corrected chi connectivity index (χ1v) is 8.41. The molecule has 0 aliphatic heterocycles. The van der Waals surface area contributed by atoms with Gasteiger partial charge in [-0.05, 0) is 42.5 Å². The number of allylic oxidation sites excluding steroid dienone is 4. The molecule has 0 unspecified atom stereocenters. The number of amidine groups is 1. The molecule has 0 saturated heterocycles. The van der Waals surface area contributed by atoms with Crippen LogP contribution in [0.25, 0.3) is 5.57 Å². The van der Waals surface area contributed by atoms with Gasteiger partial charge in [0.25, 0.3) is 0 Å². The minimum absolute atomic E-state index is 0.639. The summed E-state index contributed by atoms with van der Waals surface area (Å²) in [4.78, 5) is 9.20. The van der Waals surface area contributed by atoms with Gasteiger partial charge in [0.05, 0.1) is 6.54 Å². The first kappa shape index (κ1) is 16.1. The lowest BCUT2D eigenvalue weighted by molar-refractivity contribution is 1.04. The summed E-state index contributed by atoms with van der Waals surface area (Å²) in [6.45, 7) is 2.56. The van der Waals surface area contributed by atoms with Gasteiger partial charge >= 0.3 is 0 Å². The molecule has 0 atom stereocenters. The molecule has 2 aromatic carbocycles.